The standard InChI is InChI=1S/C28H53NO3/c1-5-7-8-9-10-11-12-13-14-15-16-17-18-19-20-21-22-27(26-31-25-6-2)32-28(30)23-24-29(3)4/h10-11,13-14,27H,5-9,12,15-26H2,1-4H3/b11-10-,14-13-. The van der Waals surface area contributed by atoms with E-state index in [2.05, 4.69) is 38.2 Å². The van der Waals surface area contributed by atoms with Gasteiger partial charge in [-0.25, -0.2) is 0 Å². The number of rotatable bonds is 23. The Morgan fingerprint density at radius 1 is 0.812 bits per heavy atom. The lowest BCUT2D eigenvalue weighted by molar-refractivity contribution is -0.153. The highest BCUT2D eigenvalue weighted by atomic mass is 16.6. The Morgan fingerprint density at radius 3 is 2.06 bits per heavy atom. The smallest absolute Gasteiger partial charge is 0.307 e. The summed E-state index contributed by atoms with van der Waals surface area (Å²) >= 11 is 0. The quantitative estimate of drug-likeness (QED) is 0.0917. The van der Waals surface area contributed by atoms with Gasteiger partial charge in [-0.1, -0.05) is 76.7 Å². The number of nitrogens with zero attached hydrogens (tertiary/aromatic N) is 1. The van der Waals surface area contributed by atoms with Gasteiger partial charge in [-0.05, 0) is 65.5 Å². The van der Waals surface area contributed by atoms with Crippen LogP contribution in [0.25, 0.3) is 0 Å². The van der Waals surface area contributed by atoms with E-state index >= 15 is 0 Å². The van der Waals surface area contributed by atoms with Crippen LogP contribution in [0.4, 0.5) is 0 Å². The van der Waals surface area contributed by atoms with Crippen molar-refractivity contribution in [3.8, 4) is 0 Å². The minimum absolute atomic E-state index is 0.0953. The molecule has 0 aliphatic carbocycles. The first-order valence-electron chi connectivity index (χ1n) is 13.3. The van der Waals surface area contributed by atoms with Gasteiger partial charge in [0, 0.05) is 13.2 Å². The lowest BCUT2D eigenvalue weighted by Gasteiger charge is -2.19. The summed E-state index contributed by atoms with van der Waals surface area (Å²) in [6.45, 7) is 6.34. The SMILES string of the molecule is CCCCC/C=C\C/C=C\CCCCCCCCC(COCCC)OC(=O)CCN(C)C. The Hall–Kier alpha value is -1.13. The Kier molecular flexibility index (Phi) is 23.6. The van der Waals surface area contributed by atoms with Gasteiger partial charge in [0.1, 0.15) is 6.10 Å². The predicted octanol–water partition coefficient (Wildman–Crippen LogP) is 7.48. The summed E-state index contributed by atoms with van der Waals surface area (Å²) in [5, 5.41) is 0. The van der Waals surface area contributed by atoms with Gasteiger partial charge < -0.3 is 14.4 Å². The highest BCUT2D eigenvalue weighted by Gasteiger charge is 2.14. The van der Waals surface area contributed by atoms with Crippen LogP contribution in [0.2, 0.25) is 0 Å². The fraction of sp³-hybridized carbons (Fsp3) is 0.821. The molecular formula is C28H53NO3. The first-order chi connectivity index (χ1) is 15.6. The molecule has 188 valence electrons. The Labute approximate surface area is 199 Å². The molecule has 0 aliphatic heterocycles. The molecule has 0 heterocycles. The van der Waals surface area contributed by atoms with E-state index in [4.69, 9.17) is 9.47 Å². The van der Waals surface area contributed by atoms with Crippen molar-refractivity contribution >= 4 is 5.97 Å². The molecule has 0 saturated heterocycles. The third kappa shape index (κ3) is 23.5. The second-order valence-corrected chi connectivity index (χ2v) is 9.11. The monoisotopic (exact) mass is 451 g/mol. The van der Waals surface area contributed by atoms with E-state index in [1.54, 1.807) is 0 Å². The fourth-order valence-corrected chi connectivity index (χ4v) is 3.46. The summed E-state index contributed by atoms with van der Waals surface area (Å²) in [6.07, 6.45) is 26.5. The third-order valence-electron chi connectivity index (χ3n) is 5.44. The molecule has 0 aliphatic rings. The number of carbonyl (C=O) groups excluding carboxylic acids is 1. The number of esters is 1. The van der Waals surface area contributed by atoms with Crippen LogP contribution in [0, 0.1) is 0 Å². The second kappa shape index (κ2) is 24.5. The molecule has 0 fully saturated rings. The number of hydrogen-bond acceptors (Lipinski definition) is 4. The van der Waals surface area contributed by atoms with E-state index in [0.717, 1.165) is 38.8 Å². The van der Waals surface area contributed by atoms with E-state index in [-0.39, 0.29) is 12.1 Å². The Morgan fingerprint density at radius 2 is 1.44 bits per heavy atom. The molecule has 0 bridgehead atoms. The van der Waals surface area contributed by atoms with Crippen LogP contribution >= 0.6 is 0 Å². The summed E-state index contributed by atoms with van der Waals surface area (Å²) in [5.41, 5.74) is 0. The van der Waals surface area contributed by atoms with Crippen LogP contribution in [0.15, 0.2) is 24.3 Å². The van der Waals surface area contributed by atoms with Crippen LogP contribution in [0.3, 0.4) is 0 Å². The lowest BCUT2D eigenvalue weighted by Crippen LogP contribution is -2.26. The Balaban J connectivity index is 3.74. The van der Waals surface area contributed by atoms with Crippen LogP contribution < -0.4 is 0 Å². The first-order valence-corrected chi connectivity index (χ1v) is 13.3. The average molecular weight is 452 g/mol. The summed E-state index contributed by atoms with van der Waals surface area (Å²) in [7, 11) is 3.94. The van der Waals surface area contributed by atoms with Crippen molar-refractivity contribution in [3.63, 3.8) is 0 Å². The highest BCUT2D eigenvalue weighted by Crippen LogP contribution is 2.13. The van der Waals surface area contributed by atoms with Crippen LogP contribution in [-0.2, 0) is 14.3 Å². The van der Waals surface area contributed by atoms with Gasteiger partial charge in [0.05, 0.1) is 13.0 Å². The van der Waals surface area contributed by atoms with Gasteiger partial charge in [-0.15, -0.1) is 0 Å². The maximum absolute atomic E-state index is 12.0. The molecule has 1 unspecified atom stereocenters. The van der Waals surface area contributed by atoms with Gasteiger partial charge in [0.2, 0.25) is 0 Å². The van der Waals surface area contributed by atoms with Gasteiger partial charge in [0.25, 0.3) is 0 Å². The zero-order chi connectivity index (χ0) is 23.7. The van der Waals surface area contributed by atoms with Crippen LogP contribution in [0.1, 0.15) is 110 Å². The minimum Gasteiger partial charge on any atom is -0.460 e. The molecule has 0 aromatic carbocycles. The first kappa shape index (κ1) is 30.9. The summed E-state index contributed by atoms with van der Waals surface area (Å²) in [5.74, 6) is -0.108. The topological polar surface area (TPSA) is 38.8 Å². The number of carbonyl (C=O) groups is 1. The molecule has 1 atom stereocenters. The number of hydrogen-bond donors (Lipinski definition) is 0. The van der Waals surface area contributed by atoms with Gasteiger partial charge in [-0.3, -0.25) is 4.79 Å². The molecule has 0 aromatic rings. The third-order valence-corrected chi connectivity index (χ3v) is 5.44. The van der Waals surface area contributed by atoms with E-state index in [9.17, 15) is 4.79 Å². The van der Waals surface area contributed by atoms with E-state index in [1.807, 2.05) is 19.0 Å². The average Bonchev–Trinajstić information content (AvgIpc) is 2.77. The molecule has 4 nitrogen and oxygen atoms in total. The molecule has 0 spiro atoms. The summed E-state index contributed by atoms with van der Waals surface area (Å²) in [6, 6.07) is 0. The number of unbranched alkanes of at least 4 members (excludes halogenated alkanes) is 9. The van der Waals surface area contributed by atoms with Crippen molar-refractivity contribution in [2.75, 3.05) is 33.9 Å². The van der Waals surface area contributed by atoms with Gasteiger partial charge in [0.15, 0.2) is 0 Å². The normalized spacial score (nSPS) is 12.9. The van der Waals surface area contributed by atoms with Crippen molar-refractivity contribution in [1.29, 1.82) is 0 Å². The molecule has 0 N–H and O–H groups in total. The maximum Gasteiger partial charge on any atom is 0.307 e. The van der Waals surface area contributed by atoms with Gasteiger partial charge in [-0.2, -0.15) is 0 Å². The molecule has 4 heteroatoms. The van der Waals surface area contributed by atoms with Crippen LogP contribution in [0.5, 0.6) is 0 Å². The zero-order valence-corrected chi connectivity index (χ0v) is 21.8. The summed E-state index contributed by atoms with van der Waals surface area (Å²) < 4.78 is 11.3. The number of allylic oxidation sites excluding steroid dienone is 4. The second-order valence-electron chi connectivity index (χ2n) is 9.11. The molecular weight excluding hydrogens is 398 g/mol. The molecule has 32 heavy (non-hydrogen) atoms. The molecule has 0 radical (unpaired) electrons. The fourth-order valence-electron chi connectivity index (χ4n) is 3.46. The lowest BCUT2D eigenvalue weighted by atomic mass is 10.1. The van der Waals surface area contributed by atoms with Crippen molar-refractivity contribution in [2.24, 2.45) is 0 Å². The maximum atomic E-state index is 12.0. The van der Waals surface area contributed by atoms with Crippen molar-refractivity contribution in [1.82, 2.24) is 4.90 Å². The highest BCUT2D eigenvalue weighted by molar-refractivity contribution is 5.69. The summed E-state index contributed by atoms with van der Waals surface area (Å²) in [4.78, 5) is 14.1. The molecule has 0 amide bonds. The van der Waals surface area contributed by atoms with Gasteiger partial charge >= 0.3 is 5.97 Å². The zero-order valence-electron chi connectivity index (χ0n) is 21.8. The predicted molar refractivity (Wildman–Crippen MR) is 138 cm³/mol. The molecule has 0 aromatic heterocycles. The van der Waals surface area contributed by atoms with E-state index < -0.39 is 0 Å². The van der Waals surface area contributed by atoms with Crippen molar-refractivity contribution in [3.05, 3.63) is 24.3 Å². The largest absolute Gasteiger partial charge is 0.460 e. The minimum atomic E-state index is -0.108. The van der Waals surface area contributed by atoms with E-state index in [0.29, 0.717) is 13.0 Å². The Bertz CT molecular complexity index is 460. The van der Waals surface area contributed by atoms with E-state index in [1.165, 1.54) is 64.2 Å². The molecule has 0 rings (SSSR count). The van der Waals surface area contributed by atoms with Crippen molar-refractivity contribution < 1.29 is 14.3 Å². The van der Waals surface area contributed by atoms with Crippen molar-refractivity contribution in [2.45, 2.75) is 116 Å². The molecule has 0 saturated carbocycles. The van der Waals surface area contributed by atoms with Crippen LogP contribution in [-0.4, -0.2) is 50.8 Å². The number of ether oxygens (including phenoxy) is 2.